The molecule has 11 heteroatoms. The summed E-state index contributed by atoms with van der Waals surface area (Å²) in [5.74, 6) is 0.651. The molecule has 1 aromatic carbocycles. The molecule has 136 valence electrons. The highest BCUT2D eigenvalue weighted by molar-refractivity contribution is 7.99. The molecule has 2 heterocycles. The maximum absolute atomic E-state index is 11.4. The molecule has 0 saturated heterocycles. The van der Waals surface area contributed by atoms with Crippen molar-refractivity contribution >= 4 is 23.1 Å². The lowest BCUT2D eigenvalue weighted by atomic mass is 10.3. The molecule has 0 N–H and O–H groups in total. The van der Waals surface area contributed by atoms with Crippen molar-refractivity contribution in [3.63, 3.8) is 0 Å². The molecule has 4 rings (SSSR count). The number of aromatic nitrogens is 4. The quantitative estimate of drug-likeness (QED) is 0.465. The van der Waals surface area contributed by atoms with E-state index in [2.05, 4.69) is 15.2 Å². The number of hydrogen-bond donors (Lipinski definition) is 0. The molecule has 1 aliphatic carbocycles. The summed E-state index contributed by atoms with van der Waals surface area (Å²) in [6.45, 7) is 0. The van der Waals surface area contributed by atoms with E-state index in [-0.39, 0.29) is 22.3 Å². The average molecular weight is 384 g/mol. The third kappa shape index (κ3) is 3.36. The van der Waals surface area contributed by atoms with Crippen molar-refractivity contribution < 1.29 is 9.85 Å². The number of non-ortho nitro benzene ring substituents is 1. The normalized spacial score (nSPS) is 13.5. The fourth-order valence-corrected chi connectivity index (χ4v) is 3.63. The van der Waals surface area contributed by atoms with E-state index in [4.69, 9.17) is 0 Å². The fraction of sp³-hybridized carbons (Fsp3) is 0.188. The van der Waals surface area contributed by atoms with Gasteiger partial charge in [-0.05, 0) is 42.8 Å². The zero-order chi connectivity index (χ0) is 19.0. The smallest absolute Gasteiger partial charge is 0.290 e. The standard InChI is InChI=1S/C16H12N6O4S/c23-21(24)12-5-6-14(13(8-12)22(25)26)27-16-19-18-15(20(16)11-3-4-11)10-2-1-7-17-9-10/h1-2,5-9,11H,3-4H2. The van der Waals surface area contributed by atoms with Crippen LogP contribution < -0.4 is 0 Å². The van der Waals surface area contributed by atoms with E-state index in [1.807, 2.05) is 10.6 Å². The molecule has 0 bridgehead atoms. The molecule has 0 atom stereocenters. The summed E-state index contributed by atoms with van der Waals surface area (Å²) < 4.78 is 1.95. The van der Waals surface area contributed by atoms with Gasteiger partial charge in [0.25, 0.3) is 11.4 Å². The molecule has 1 fully saturated rings. The molecule has 0 aliphatic heterocycles. The minimum absolute atomic E-state index is 0.231. The zero-order valence-corrected chi connectivity index (χ0v) is 14.6. The van der Waals surface area contributed by atoms with Gasteiger partial charge >= 0.3 is 0 Å². The summed E-state index contributed by atoms with van der Waals surface area (Å²) >= 11 is 1.08. The summed E-state index contributed by atoms with van der Waals surface area (Å²) in [7, 11) is 0. The molecular formula is C16H12N6O4S. The zero-order valence-electron chi connectivity index (χ0n) is 13.8. The molecule has 0 unspecified atom stereocenters. The number of hydrogen-bond acceptors (Lipinski definition) is 8. The van der Waals surface area contributed by atoms with Gasteiger partial charge in [-0.2, -0.15) is 0 Å². The van der Waals surface area contributed by atoms with Crippen LogP contribution in [-0.2, 0) is 0 Å². The van der Waals surface area contributed by atoms with E-state index < -0.39 is 9.85 Å². The highest BCUT2D eigenvalue weighted by atomic mass is 32.2. The Bertz CT molecular complexity index is 1030. The van der Waals surface area contributed by atoms with Crippen molar-refractivity contribution in [1.82, 2.24) is 19.7 Å². The van der Waals surface area contributed by atoms with E-state index in [9.17, 15) is 20.2 Å². The average Bonchev–Trinajstić information content (AvgIpc) is 3.42. The first-order valence-electron chi connectivity index (χ1n) is 8.00. The fourth-order valence-electron chi connectivity index (χ4n) is 2.65. The lowest BCUT2D eigenvalue weighted by molar-refractivity contribution is -0.396. The summed E-state index contributed by atoms with van der Waals surface area (Å²) in [5.41, 5.74) is 0.148. The first-order valence-corrected chi connectivity index (χ1v) is 8.82. The van der Waals surface area contributed by atoms with Gasteiger partial charge in [0.2, 0.25) is 0 Å². The van der Waals surface area contributed by atoms with Crippen LogP contribution >= 0.6 is 11.8 Å². The highest BCUT2D eigenvalue weighted by Gasteiger charge is 2.31. The van der Waals surface area contributed by atoms with Gasteiger partial charge in [-0.15, -0.1) is 10.2 Å². The van der Waals surface area contributed by atoms with Gasteiger partial charge in [0, 0.05) is 30.1 Å². The van der Waals surface area contributed by atoms with Gasteiger partial charge in [-0.25, -0.2) is 0 Å². The second kappa shape index (κ2) is 6.76. The molecule has 1 aliphatic rings. The first-order chi connectivity index (χ1) is 13.0. The lowest BCUT2D eigenvalue weighted by Gasteiger charge is -2.08. The Kier molecular flexibility index (Phi) is 4.28. The number of pyridine rings is 1. The van der Waals surface area contributed by atoms with Crippen molar-refractivity contribution in [3.8, 4) is 11.4 Å². The van der Waals surface area contributed by atoms with Crippen LogP contribution in [0.1, 0.15) is 18.9 Å². The third-order valence-corrected chi connectivity index (χ3v) is 5.07. The summed E-state index contributed by atoms with van der Waals surface area (Å²) in [6, 6.07) is 7.48. The van der Waals surface area contributed by atoms with E-state index in [0.29, 0.717) is 11.0 Å². The Morgan fingerprint density at radius 1 is 1.11 bits per heavy atom. The topological polar surface area (TPSA) is 130 Å². The lowest BCUT2D eigenvalue weighted by Crippen LogP contribution is -2.00. The van der Waals surface area contributed by atoms with Crippen molar-refractivity contribution in [2.45, 2.75) is 28.9 Å². The van der Waals surface area contributed by atoms with Crippen molar-refractivity contribution in [2.75, 3.05) is 0 Å². The Morgan fingerprint density at radius 3 is 2.56 bits per heavy atom. The van der Waals surface area contributed by atoms with Crippen LogP contribution in [0.25, 0.3) is 11.4 Å². The molecule has 2 aromatic heterocycles. The second-order valence-electron chi connectivity index (χ2n) is 5.92. The van der Waals surface area contributed by atoms with E-state index in [0.717, 1.165) is 36.2 Å². The Balaban J connectivity index is 1.75. The van der Waals surface area contributed by atoms with Crippen LogP contribution in [-0.4, -0.2) is 29.6 Å². The van der Waals surface area contributed by atoms with Crippen LogP contribution in [0.15, 0.2) is 52.8 Å². The Morgan fingerprint density at radius 2 is 1.93 bits per heavy atom. The molecule has 0 amide bonds. The number of nitro groups is 2. The Labute approximate surface area is 156 Å². The monoisotopic (exact) mass is 384 g/mol. The van der Waals surface area contributed by atoms with Gasteiger partial charge in [-0.1, -0.05) is 0 Å². The molecule has 0 radical (unpaired) electrons. The third-order valence-electron chi connectivity index (χ3n) is 4.05. The minimum Gasteiger partial charge on any atom is -0.299 e. The van der Waals surface area contributed by atoms with Gasteiger partial charge < -0.3 is 0 Å². The van der Waals surface area contributed by atoms with Gasteiger partial charge in [0.15, 0.2) is 11.0 Å². The largest absolute Gasteiger partial charge is 0.299 e. The summed E-state index contributed by atoms with van der Waals surface area (Å²) in [4.78, 5) is 25.3. The van der Waals surface area contributed by atoms with Crippen LogP contribution in [0.3, 0.4) is 0 Å². The SMILES string of the molecule is O=[N+]([O-])c1ccc(Sc2nnc(-c3cccnc3)n2C2CC2)c([N+](=O)[O-])c1. The minimum atomic E-state index is -0.658. The van der Waals surface area contributed by atoms with Gasteiger partial charge in [0.05, 0.1) is 20.8 Å². The molecule has 10 nitrogen and oxygen atoms in total. The predicted molar refractivity (Wildman–Crippen MR) is 95.4 cm³/mol. The Hall–Kier alpha value is -3.34. The molecule has 1 saturated carbocycles. The number of rotatable bonds is 6. The van der Waals surface area contributed by atoms with Crippen molar-refractivity contribution in [2.24, 2.45) is 0 Å². The predicted octanol–water partition coefficient (Wildman–Crippen LogP) is 3.64. The van der Waals surface area contributed by atoms with Crippen LogP contribution in [0.2, 0.25) is 0 Å². The van der Waals surface area contributed by atoms with E-state index >= 15 is 0 Å². The summed E-state index contributed by atoms with van der Waals surface area (Å²) in [5, 5.41) is 31.2. The molecule has 27 heavy (non-hydrogen) atoms. The first kappa shape index (κ1) is 17.1. The number of nitro benzene ring substituents is 2. The maximum atomic E-state index is 11.4. The molecule has 3 aromatic rings. The van der Waals surface area contributed by atoms with E-state index in [1.54, 1.807) is 18.5 Å². The van der Waals surface area contributed by atoms with Gasteiger partial charge in [0.1, 0.15) is 0 Å². The molecular weight excluding hydrogens is 372 g/mol. The second-order valence-corrected chi connectivity index (χ2v) is 6.93. The van der Waals surface area contributed by atoms with Crippen molar-refractivity contribution in [1.29, 1.82) is 0 Å². The van der Waals surface area contributed by atoms with E-state index in [1.165, 1.54) is 12.1 Å². The van der Waals surface area contributed by atoms with Crippen LogP contribution in [0.5, 0.6) is 0 Å². The molecule has 0 spiro atoms. The highest BCUT2D eigenvalue weighted by Crippen LogP contribution is 2.44. The summed E-state index contributed by atoms with van der Waals surface area (Å²) in [6.07, 6.45) is 5.30. The van der Waals surface area contributed by atoms with Crippen LogP contribution in [0, 0.1) is 20.2 Å². The van der Waals surface area contributed by atoms with Crippen LogP contribution in [0.4, 0.5) is 11.4 Å². The van der Waals surface area contributed by atoms with Crippen molar-refractivity contribution in [3.05, 3.63) is 63.0 Å². The number of benzene rings is 1. The maximum Gasteiger partial charge on any atom is 0.290 e. The van der Waals surface area contributed by atoms with Gasteiger partial charge in [-0.3, -0.25) is 29.8 Å². The number of nitrogens with zero attached hydrogens (tertiary/aromatic N) is 6.